The van der Waals surface area contributed by atoms with Crippen LogP contribution >= 0.6 is 0 Å². The Morgan fingerprint density at radius 1 is 0.939 bits per heavy atom. The lowest BCUT2D eigenvalue weighted by molar-refractivity contribution is 0.0857. The quantitative estimate of drug-likeness (QED) is 0.391. The van der Waals surface area contributed by atoms with Crippen molar-refractivity contribution in [3.63, 3.8) is 0 Å². The Morgan fingerprint density at radius 3 is 2.24 bits per heavy atom. The van der Waals surface area contributed by atoms with Gasteiger partial charge in [-0.3, -0.25) is 10.2 Å². The number of rotatable bonds is 5. The van der Waals surface area contributed by atoms with Crippen molar-refractivity contribution in [2.24, 2.45) is 5.73 Å². The highest BCUT2D eigenvalue weighted by Gasteiger charge is 2.43. The third-order valence-electron chi connectivity index (χ3n) is 7.34. The number of amidine groups is 1. The maximum atomic E-state index is 13.0. The van der Waals surface area contributed by atoms with Gasteiger partial charge in [-0.2, -0.15) is 0 Å². The number of nitrogens with one attached hydrogen (secondary N) is 2. The third kappa shape index (κ3) is 3.26. The predicted molar refractivity (Wildman–Crippen MR) is 128 cm³/mol. The van der Waals surface area contributed by atoms with E-state index in [1.54, 1.807) is 0 Å². The van der Waals surface area contributed by atoms with Crippen molar-refractivity contribution >= 4 is 11.7 Å². The molecule has 5 nitrogen and oxygen atoms in total. The molecule has 3 aliphatic rings. The fourth-order valence-electron chi connectivity index (χ4n) is 5.37. The van der Waals surface area contributed by atoms with Crippen molar-refractivity contribution in [1.82, 2.24) is 5.32 Å². The normalized spacial score (nSPS) is 19.8. The molecule has 0 spiro atoms. The molecule has 1 saturated carbocycles. The summed E-state index contributed by atoms with van der Waals surface area (Å²) in [6, 6.07) is 16.6. The van der Waals surface area contributed by atoms with Gasteiger partial charge in [-0.15, -0.1) is 0 Å². The summed E-state index contributed by atoms with van der Waals surface area (Å²) in [6.07, 6.45) is 2.47. The summed E-state index contributed by atoms with van der Waals surface area (Å²) in [6.45, 7) is 4.40. The van der Waals surface area contributed by atoms with Crippen molar-refractivity contribution < 1.29 is 9.53 Å². The molecule has 0 saturated heterocycles. The first kappa shape index (κ1) is 20.2. The van der Waals surface area contributed by atoms with Crippen LogP contribution in [-0.4, -0.2) is 11.7 Å². The Morgan fingerprint density at radius 2 is 1.58 bits per heavy atom. The van der Waals surface area contributed by atoms with Crippen molar-refractivity contribution in [3.05, 3.63) is 104 Å². The number of carbonyl (C=O) groups excluding carboxylic acids is 1. The number of carbonyl (C=O) groups is 1. The molecule has 2 heterocycles. The van der Waals surface area contributed by atoms with Crippen LogP contribution in [0.2, 0.25) is 0 Å². The van der Waals surface area contributed by atoms with Crippen molar-refractivity contribution in [3.8, 4) is 0 Å². The Balaban J connectivity index is 1.23. The molecule has 2 bridgehead atoms. The number of amides is 1. The first-order chi connectivity index (χ1) is 15.9. The highest BCUT2D eigenvalue weighted by molar-refractivity contribution is 5.96. The van der Waals surface area contributed by atoms with Crippen LogP contribution in [-0.2, 0) is 11.3 Å². The summed E-state index contributed by atoms with van der Waals surface area (Å²) in [7, 11) is 0. The lowest BCUT2D eigenvalue weighted by atomic mass is 9.84. The fourth-order valence-corrected chi connectivity index (χ4v) is 5.37. The third-order valence-corrected chi connectivity index (χ3v) is 7.34. The molecule has 2 atom stereocenters. The van der Waals surface area contributed by atoms with Gasteiger partial charge in [0, 0.05) is 17.7 Å². The molecule has 3 aromatic carbocycles. The van der Waals surface area contributed by atoms with Gasteiger partial charge >= 0.3 is 0 Å². The van der Waals surface area contributed by atoms with E-state index >= 15 is 0 Å². The van der Waals surface area contributed by atoms with Gasteiger partial charge in [0.1, 0.15) is 18.0 Å². The summed E-state index contributed by atoms with van der Waals surface area (Å²) >= 11 is 0. The van der Waals surface area contributed by atoms with E-state index in [0.717, 1.165) is 22.3 Å². The molecule has 166 valence electrons. The number of benzene rings is 3. The van der Waals surface area contributed by atoms with Gasteiger partial charge < -0.3 is 15.8 Å². The zero-order valence-corrected chi connectivity index (χ0v) is 18.9. The first-order valence-corrected chi connectivity index (χ1v) is 11.6. The van der Waals surface area contributed by atoms with E-state index in [2.05, 4.69) is 23.5 Å². The van der Waals surface area contributed by atoms with E-state index in [4.69, 9.17) is 15.9 Å². The minimum Gasteiger partial charge on any atom is -0.384 e. The average molecular weight is 438 g/mol. The zero-order chi connectivity index (χ0) is 22.9. The van der Waals surface area contributed by atoms with Crippen LogP contribution in [0.5, 0.6) is 0 Å². The second kappa shape index (κ2) is 7.29. The smallest absolute Gasteiger partial charge is 0.251 e. The van der Waals surface area contributed by atoms with E-state index in [-0.39, 0.29) is 24.0 Å². The molecule has 4 N–H and O–H groups in total. The van der Waals surface area contributed by atoms with Gasteiger partial charge in [0.15, 0.2) is 0 Å². The molecular weight excluding hydrogens is 410 g/mol. The number of nitrogens with two attached hydrogens (primary N) is 1. The van der Waals surface area contributed by atoms with Crippen LogP contribution in [0.15, 0.2) is 48.5 Å². The minimum absolute atomic E-state index is 0.0181. The molecule has 0 unspecified atom stereocenters. The topological polar surface area (TPSA) is 88.2 Å². The lowest BCUT2D eigenvalue weighted by Gasteiger charge is -2.18. The fraction of sp³-hybridized carbons (Fsp3) is 0.286. The lowest BCUT2D eigenvalue weighted by Crippen LogP contribution is -2.24. The molecule has 1 amide bonds. The second-order valence-electron chi connectivity index (χ2n) is 9.59. The van der Waals surface area contributed by atoms with E-state index in [0.29, 0.717) is 23.6 Å². The Bertz CT molecular complexity index is 1320. The largest absolute Gasteiger partial charge is 0.384 e. The zero-order valence-electron chi connectivity index (χ0n) is 18.9. The summed E-state index contributed by atoms with van der Waals surface area (Å²) in [4.78, 5) is 13.0. The molecule has 0 radical (unpaired) electrons. The summed E-state index contributed by atoms with van der Waals surface area (Å²) in [5.41, 5.74) is 16.3. The minimum atomic E-state index is -0.0954. The number of fused-ring (bicyclic) bond motifs is 8. The monoisotopic (exact) mass is 437 g/mol. The molecule has 5 heteroatoms. The van der Waals surface area contributed by atoms with Crippen LogP contribution in [0.3, 0.4) is 0 Å². The molecule has 3 aromatic rings. The average Bonchev–Trinajstić information content (AvgIpc) is 3.50. The van der Waals surface area contributed by atoms with E-state index in [1.165, 1.54) is 35.1 Å². The molecular formula is C28H27N3O2. The highest BCUT2D eigenvalue weighted by atomic mass is 16.5. The SMILES string of the molecule is Cc1cc(C(=N)N)cc(C)c1CNC(=O)c1ccc2c(c1)[C@@H]1O[C@H]2c2ccc(C3CC3)cc21. The standard InChI is InChI=1S/C28H27N3O2/c1-14-9-19(27(29)30)10-15(2)24(14)13-31-28(32)18-6-8-21-23(12-18)26-22-11-17(16-3-4-16)5-7-20(22)25(21)33-26/h5-12,16,25-26H,3-4,13H2,1-2H3,(H3,29,30)(H,31,32)/t25-,26+/m0/s1. The molecule has 2 aliphatic heterocycles. The first-order valence-electron chi connectivity index (χ1n) is 11.6. The molecule has 33 heavy (non-hydrogen) atoms. The van der Waals surface area contributed by atoms with Gasteiger partial charge in [-0.1, -0.05) is 24.3 Å². The van der Waals surface area contributed by atoms with Crippen molar-refractivity contribution in [2.75, 3.05) is 0 Å². The summed E-state index contributed by atoms with van der Waals surface area (Å²) < 4.78 is 6.34. The second-order valence-corrected chi connectivity index (χ2v) is 9.59. The van der Waals surface area contributed by atoms with Gasteiger partial charge in [0.25, 0.3) is 5.91 Å². The highest BCUT2D eigenvalue weighted by Crippen LogP contribution is 2.55. The Kier molecular flexibility index (Phi) is 4.46. The van der Waals surface area contributed by atoms with E-state index in [1.807, 2.05) is 44.2 Å². The molecule has 6 rings (SSSR count). The number of hydrogen-bond donors (Lipinski definition) is 3. The van der Waals surface area contributed by atoms with Crippen LogP contribution in [0.25, 0.3) is 0 Å². The summed E-state index contributed by atoms with van der Waals surface area (Å²) in [5, 5.41) is 10.7. The van der Waals surface area contributed by atoms with Crippen molar-refractivity contribution in [2.45, 2.75) is 51.4 Å². The van der Waals surface area contributed by atoms with Crippen LogP contribution in [0, 0.1) is 19.3 Å². The number of aryl methyl sites for hydroxylation is 2. The maximum Gasteiger partial charge on any atom is 0.251 e. The molecule has 1 aliphatic carbocycles. The van der Waals surface area contributed by atoms with E-state index < -0.39 is 0 Å². The number of ether oxygens (including phenoxy) is 1. The molecule has 1 fully saturated rings. The number of nitrogen functional groups attached to an aromatic ring is 1. The van der Waals surface area contributed by atoms with Crippen LogP contribution < -0.4 is 11.1 Å². The van der Waals surface area contributed by atoms with E-state index in [9.17, 15) is 4.79 Å². The van der Waals surface area contributed by atoms with Gasteiger partial charge in [0.05, 0.1) is 0 Å². The van der Waals surface area contributed by atoms with Crippen LogP contribution in [0.4, 0.5) is 0 Å². The predicted octanol–water partition coefficient (Wildman–Crippen LogP) is 4.92. The Labute approximate surface area is 193 Å². The van der Waals surface area contributed by atoms with Crippen LogP contribution in [0.1, 0.15) is 91.4 Å². The van der Waals surface area contributed by atoms with Gasteiger partial charge in [0.2, 0.25) is 0 Å². The van der Waals surface area contributed by atoms with Crippen molar-refractivity contribution in [1.29, 1.82) is 5.41 Å². The Hall–Kier alpha value is -3.44. The van der Waals surface area contributed by atoms with Gasteiger partial charge in [-0.05, 0) is 101 Å². The molecule has 0 aromatic heterocycles. The van der Waals surface area contributed by atoms with Gasteiger partial charge in [-0.25, -0.2) is 0 Å². The maximum absolute atomic E-state index is 13.0. The number of hydrogen-bond acceptors (Lipinski definition) is 3. The summed E-state index contributed by atoms with van der Waals surface area (Å²) in [5.74, 6) is 0.668.